The molecule has 0 aromatic carbocycles. The Labute approximate surface area is 131 Å². The molecule has 2 aromatic rings. The lowest BCUT2D eigenvalue weighted by molar-refractivity contribution is 0.338. The van der Waals surface area contributed by atoms with Gasteiger partial charge >= 0.3 is 0 Å². The molecular formula is C16H24N6. The van der Waals surface area contributed by atoms with Crippen LogP contribution in [0.4, 0.5) is 5.82 Å². The molecule has 1 fully saturated rings. The van der Waals surface area contributed by atoms with E-state index in [2.05, 4.69) is 41.0 Å². The second-order valence-electron chi connectivity index (χ2n) is 7.04. The van der Waals surface area contributed by atoms with E-state index in [0.717, 1.165) is 44.1 Å². The Morgan fingerprint density at radius 2 is 1.95 bits per heavy atom. The Morgan fingerprint density at radius 1 is 1.18 bits per heavy atom. The maximum absolute atomic E-state index is 4.76. The molecule has 0 bridgehead atoms. The zero-order chi connectivity index (χ0) is 15.6. The van der Waals surface area contributed by atoms with Crippen molar-refractivity contribution in [3.8, 4) is 0 Å². The molecule has 0 aliphatic carbocycles. The highest BCUT2D eigenvalue weighted by atomic mass is 15.4. The summed E-state index contributed by atoms with van der Waals surface area (Å²) in [7, 11) is 0. The fourth-order valence-electron chi connectivity index (χ4n) is 2.83. The highest BCUT2D eigenvalue weighted by Crippen LogP contribution is 2.25. The van der Waals surface area contributed by atoms with Crippen LogP contribution < -0.4 is 4.90 Å². The summed E-state index contributed by atoms with van der Waals surface area (Å²) in [4.78, 5) is 11.5. The molecule has 0 spiro atoms. The lowest BCUT2D eigenvalue weighted by Gasteiger charge is -2.33. The monoisotopic (exact) mass is 300 g/mol. The van der Waals surface area contributed by atoms with E-state index < -0.39 is 0 Å². The Bertz CT molecular complexity index is 593. The van der Waals surface area contributed by atoms with Crippen molar-refractivity contribution in [1.82, 2.24) is 25.0 Å². The quantitative estimate of drug-likeness (QED) is 0.870. The Hall–Kier alpha value is -1.98. The second-order valence-corrected chi connectivity index (χ2v) is 7.04. The molecule has 3 rings (SSSR count). The van der Waals surface area contributed by atoms with Crippen molar-refractivity contribution in [2.75, 3.05) is 18.0 Å². The van der Waals surface area contributed by atoms with E-state index in [1.165, 1.54) is 0 Å². The lowest BCUT2D eigenvalue weighted by atomic mass is 9.95. The van der Waals surface area contributed by atoms with Gasteiger partial charge in [0.15, 0.2) is 0 Å². The number of aromatic nitrogens is 5. The fourth-order valence-corrected chi connectivity index (χ4v) is 2.83. The van der Waals surface area contributed by atoms with Crippen LogP contribution in [0.25, 0.3) is 0 Å². The normalized spacial score (nSPS) is 17.0. The van der Waals surface area contributed by atoms with Crippen molar-refractivity contribution < 1.29 is 0 Å². The summed E-state index contributed by atoms with van der Waals surface area (Å²) in [5.74, 6) is 2.63. The molecular weight excluding hydrogens is 276 g/mol. The molecule has 1 aliphatic rings. The van der Waals surface area contributed by atoms with Crippen molar-refractivity contribution >= 4 is 5.82 Å². The van der Waals surface area contributed by atoms with Gasteiger partial charge in [-0.1, -0.05) is 26.0 Å². The van der Waals surface area contributed by atoms with E-state index >= 15 is 0 Å². The first kappa shape index (κ1) is 14.9. The van der Waals surface area contributed by atoms with Gasteiger partial charge in [-0.25, -0.2) is 9.97 Å². The van der Waals surface area contributed by atoms with Crippen molar-refractivity contribution in [3.63, 3.8) is 0 Å². The molecule has 6 heteroatoms. The Morgan fingerprint density at radius 3 is 2.59 bits per heavy atom. The van der Waals surface area contributed by atoms with Crippen molar-refractivity contribution in [2.45, 2.75) is 45.6 Å². The van der Waals surface area contributed by atoms with Crippen LogP contribution in [0.15, 0.2) is 24.7 Å². The van der Waals surface area contributed by atoms with E-state index in [1.807, 2.05) is 23.1 Å². The van der Waals surface area contributed by atoms with Crippen LogP contribution in [0.1, 0.15) is 39.4 Å². The lowest BCUT2D eigenvalue weighted by Crippen LogP contribution is -2.36. The predicted molar refractivity (Wildman–Crippen MR) is 85.7 cm³/mol. The van der Waals surface area contributed by atoms with Crippen LogP contribution in [0, 0.1) is 5.92 Å². The van der Waals surface area contributed by atoms with Gasteiger partial charge in [0, 0.05) is 37.4 Å². The van der Waals surface area contributed by atoms with E-state index in [4.69, 9.17) is 4.98 Å². The number of rotatable bonds is 3. The molecule has 22 heavy (non-hydrogen) atoms. The molecule has 3 heterocycles. The molecule has 0 radical (unpaired) electrons. The van der Waals surface area contributed by atoms with Crippen molar-refractivity contribution in [3.05, 3.63) is 30.5 Å². The first-order valence-electron chi connectivity index (χ1n) is 7.95. The molecule has 0 atom stereocenters. The maximum atomic E-state index is 4.76. The molecule has 0 saturated carbocycles. The van der Waals surface area contributed by atoms with Crippen LogP contribution >= 0.6 is 0 Å². The minimum Gasteiger partial charge on any atom is -0.356 e. The third-order valence-corrected chi connectivity index (χ3v) is 4.17. The average Bonchev–Trinajstić information content (AvgIpc) is 3.00. The number of hydrogen-bond donors (Lipinski definition) is 0. The van der Waals surface area contributed by atoms with Crippen LogP contribution in [-0.4, -0.2) is 38.1 Å². The number of hydrogen-bond acceptors (Lipinski definition) is 5. The van der Waals surface area contributed by atoms with Crippen molar-refractivity contribution in [1.29, 1.82) is 0 Å². The van der Waals surface area contributed by atoms with Gasteiger partial charge in [-0.2, -0.15) is 0 Å². The Balaban J connectivity index is 1.61. The molecule has 0 amide bonds. The smallest absolute Gasteiger partial charge is 0.135 e. The molecule has 2 aromatic heterocycles. The third kappa shape index (κ3) is 3.43. The first-order chi connectivity index (χ1) is 10.5. The van der Waals surface area contributed by atoms with Crippen LogP contribution in [0.5, 0.6) is 0 Å². The van der Waals surface area contributed by atoms with Gasteiger partial charge in [-0.3, -0.25) is 4.68 Å². The molecule has 0 unspecified atom stereocenters. The predicted octanol–water partition coefficient (Wildman–Crippen LogP) is 2.28. The molecule has 0 N–H and O–H groups in total. The molecule has 118 valence electrons. The number of anilines is 1. The highest BCUT2D eigenvalue weighted by molar-refractivity contribution is 5.38. The van der Waals surface area contributed by atoms with E-state index in [-0.39, 0.29) is 5.41 Å². The first-order valence-corrected chi connectivity index (χ1v) is 7.95. The van der Waals surface area contributed by atoms with Crippen molar-refractivity contribution in [2.24, 2.45) is 5.92 Å². The third-order valence-electron chi connectivity index (χ3n) is 4.17. The number of nitrogens with zero attached hydrogens (tertiary/aromatic N) is 6. The minimum atomic E-state index is -0.0125. The standard InChI is InChI=1S/C16H24N6/c1-16(2,3)15-17-7-4-14(19-15)21-9-5-13(6-10-21)12-22-11-8-18-20-22/h4,7-8,11,13H,5-6,9-10,12H2,1-3H3. The summed E-state index contributed by atoms with van der Waals surface area (Å²) in [5.41, 5.74) is -0.0125. The highest BCUT2D eigenvalue weighted by Gasteiger charge is 2.23. The molecule has 1 aliphatic heterocycles. The van der Waals surface area contributed by atoms with Gasteiger partial charge in [-0.15, -0.1) is 5.10 Å². The zero-order valence-corrected chi connectivity index (χ0v) is 13.6. The second kappa shape index (κ2) is 6.02. The van der Waals surface area contributed by atoms with Gasteiger partial charge in [0.2, 0.25) is 0 Å². The summed E-state index contributed by atoms with van der Waals surface area (Å²) in [6, 6.07) is 2.02. The van der Waals surface area contributed by atoms with Crippen LogP contribution in [0.3, 0.4) is 0 Å². The summed E-state index contributed by atoms with van der Waals surface area (Å²) in [6.07, 6.45) is 7.88. The zero-order valence-electron chi connectivity index (χ0n) is 13.6. The largest absolute Gasteiger partial charge is 0.356 e. The van der Waals surface area contributed by atoms with E-state index in [1.54, 1.807) is 6.20 Å². The Kier molecular flexibility index (Phi) is 4.09. The van der Waals surface area contributed by atoms with Gasteiger partial charge in [0.1, 0.15) is 11.6 Å². The summed E-state index contributed by atoms with van der Waals surface area (Å²) in [5, 5.41) is 7.93. The number of piperidine rings is 1. The minimum absolute atomic E-state index is 0.0125. The average molecular weight is 300 g/mol. The van der Waals surface area contributed by atoms with Gasteiger partial charge < -0.3 is 4.90 Å². The van der Waals surface area contributed by atoms with Crippen LogP contribution in [-0.2, 0) is 12.0 Å². The van der Waals surface area contributed by atoms with E-state index in [9.17, 15) is 0 Å². The van der Waals surface area contributed by atoms with Gasteiger partial charge in [-0.05, 0) is 24.8 Å². The molecule has 6 nitrogen and oxygen atoms in total. The summed E-state index contributed by atoms with van der Waals surface area (Å²) in [6.45, 7) is 9.49. The summed E-state index contributed by atoms with van der Waals surface area (Å²) < 4.78 is 1.93. The van der Waals surface area contributed by atoms with E-state index in [0.29, 0.717) is 5.92 Å². The topological polar surface area (TPSA) is 59.7 Å². The summed E-state index contributed by atoms with van der Waals surface area (Å²) >= 11 is 0. The van der Waals surface area contributed by atoms with Gasteiger partial charge in [0.05, 0.1) is 6.20 Å². The fraction of sp³-hybridized carbons (Fsp3) is 0.625. The van der Waals surface area contributed by atoms with Gasteiger partial charge in [0.25, 0.3) is 0 Å². The SMILES string of the molecule is CC(C)(C)c1nccc(N2CCC(Cn3ccnn3)CC2)n1. The molecule has 1 saturated heterocycles. The maximum Gasteiger partial charge on any atom is 0.135 e. The van der Waals surface area contributed by atoms with Crippen LogP contribution in [0.2, 0.25) is 0 Å².